The van der Waals surface area contributed by atoms with Crippen molar-refractivity contribution in [1.82, 2.24) is 0 Å². The summed E-state index contributed by atoms with van der Waals surface area (Å²) in [7, 11) is 3.04. The number of rotatable bonds is 3. The quantitative estimate of drug-likeness (QED) is 0.700. The summed E-state index contributed by atoms with van der Waals surface area (Å²) in [6, 6.07) is 14.2. The molecule has 7 heteroatoms. The summed E-state index contributed by atoms with van der Waals surface area (Å²) in [5.74, 6) is 0.412. The molecular weight excluding hydrogens is 360 g/mol. The van der Waals surface area contributed by atoms with Crippen LogP contribution < -0.4 is 25.6 Å². The number of methoxy groups -OCH3 is 2. The van der Waals surface area contributed by atoms with Crippen LogP contribution in [0.5, 0.6) is 17.2 Å². The molecule has 0 spiro atoms. The van der Waals surface area contributed by atoms with Crippen molar-refractivity contribution >= 4 is 11.0 Å². The van der Waals surface area contributed by atoms with Crippen molar-refractivity contribution in [3.05, 3.63) is 75.5 Å². The Kier molecular flexibility index (Phi) is 4.17. The second-order valence-corrected chi connectivity index (χ2v) is 6.16. The number of nitrogens with two attached hydrogens (primary N) is 1. The van der Waals surface area contributed by atoms with Crippen LogP contribution in [-0.4, -0.2) is 14.2 Å². The van der Waals surface area contributed by atoms with Crippen molar-refractivity contribution in [1.29, 1.82) is 5.26 Å². The molecule has 0 unspecified atom stereocenters. The van der Waals surface area contributed by atoms with E-state index >= 15 is 0 Å². The van der Waals surface area contributed by atoms with E-state index in [1.54, 1.807) is 42.5 Å². The van der Waals surface area contributed by atoms with E-state index in [-0.39, 0.29) is 22.8 Å². The van der Waals surface area contributed by atoms with Crippen LogP contribution in [0, 0.1) is 11.3 Å². The highest BCUT2D eigenvalue weighted by molar-refractivity contribution is 5.86. The molecule has 0 amide bonds. The van der Waals surface area contributed by atoms with E-state index in [9.17, 15) is 10.1 Å². The maximum atomic E-state index is 12.9. The highest BCUT2D eigenvalue weighted by Crippen LogP contribution is 2.46. The molecule has 3 aromatic rings. The Morgan fingerprint density at radius 2 is 1.93 bits per heavy atom. The van der Waals surface area contributed by atoms with Crippen LogP contribution in [0.2, 0.25) is 0 Å². The number of allylic oxidation sites excluding steroid dienone is 1. The number of nitriles is 1. The first-order chi connectivity index (χ1) is 13.6. The summed E-state index contributed by atoms with van der Waals surface area (Å²) in [6.45, 7) is 0. The minimum Gasteiger partial charge on any atom is -0.497 e. The van der Waals surface area contributed by atoms with Crippen LogP contribution in [0.15, 0.2) is 63.1 Å². The summed E-state index contributed by atoms with van der Waals surface area (Å²) in [5.41, 5.74) is 6.67. The first-order valence-corrected chi connectivity index (χ1v) is 8.44. The van der Waals surface area contributed by atoms with Crippen molar-refractivity contribution in [2.45, 2.75) is 5.92 Å². The van der Waals surface area contributed by atoms with Crippen LogP contribution >= 0.6 is 0 Å². The Labute approximate surface area is 160 Å². The molecule has 2 aromatic carbocycles. The van der Waals surface area contributed by atoms with Crippen LogP contribution in [-0.2, 0) is 0 Å². The Hall–Kier alpha value is -3.92. The lowest BCUT2D eigenvalue weighted by Crippen LogP contribution is -2.26. The van der Waals surface area contributed by atoms with Crippen LogP contribution in [0.25, 0.3) is 11.0 Å². The smallest absolute Gasteiger partial charge is 0.344 e. The van der Waals surface area contributed by atoms with E-state index in [0.29, 0.717) is 28.0 Å². The SMILES string of the molecule is COc1ccc(OC)c([C@H]2C(C#N)=C(N)Oc3c2c(=O)oc2ccccc32)c1. The molecule has 0 saturated heterocycles. The van der Waals surface area contributed by atoms with Crippen molar-refractivity contribution in [2.75, 3.05) is 14.2 Å². The molecule has 2 heterocycles. The first kappa shape index (κ1) is 17.5. The van der Waals surface area contributed by atoms with E-state index in [0.717, 1.165) is 0 Å². The molecule has 1 aromatic heterocycles. The van der Waals surface area contributed by atoms with Crippen molar-refractivity contribution in [3.8, 4) is 23.3 Å². The molecule has 28 heavy (non-hydrogen) atoms. The standard InChI is InChI=1S/C21H16N2O5/c1-25-11-7-8-15(26-2)13(9-11)17-14(10-22)20(23)28-19-12-5-3-4-6-16(12)27-21(24)18(17)19/h3-9,17H,23H2,1-2H3/t17-/m0/s1. The molecule has 1 aliphatic heterocycles. The lowest BCUT2D eigenvalue weighted by Gasteiger charge is -2.27. The van der Waals surface area contributed by atoms with Gasteiger partial charge in [-0.1, -0.05) is 12.1 Å². The predicted octanol–water partition coefficient (Wildman–Crippen LogP) is 3.03. The monoisotopic (exact) mass is 376 g/mol. The van der Waals surface area contributed by atoms with Gasteiger partial charge in [-0.2, -0.15) is 5.26 Å². The van der Waals surface area contributed by atoms with Gasteiger partial charge in [0.25, 0.3) is 0 Å². The zero-order valence-corrected chi connectivity index (χ0v) is 15.2. The zero-order valence-electron chi connectivity index (χ0n) is 15.2. The predicted molar refractivity (Wildman–Crippen MR) is 101 cm³/mol. The number of nitrogens with zero attached hydrogens (tertiary/aromatic N) is 1. The average molecular weight is 376 g/mol. The Morgan fingerprint density at radius 1 is 1.14 bits per heavy atom. The fraction of sp³-hybridized carbons (Fsp3) is 0.143. The number of hydrogen-bond donors (Lipinski definition) is 1. The lowest BCUT2D eigenvalue weighted by molar-refractivity contribution is 0.379. The molecular formula is C21H16N2O5. The molecule has 0 aliphatic carbocycles. The number of hydrogen-bond acceptors (Lipinski definition) is 7. The lowest BCUT2D eigenvalue weighted by atomic mass is 9.83. The third-order valence-electron chi connectivity index (χ3n) is 4.72. The Balaban J connectivity index is 2.10. The minimum atomic E-state index is -0.820. The van der Waals surface area contributed by atoms with E-state index in [4.69, 9.17) is 24.4 Å². The van der Waals surface area contributed by atoms with Crippen LogP contribution in [0.1, 0.15) is 17.0 Å². The molecule has 0 radical (unpaired) electrons. The van der Waals surface area contributed by atoms with Crippen molar-refractivity contribution in [2.24, 2.45) is 5.73 Å². The van der Waals surface area contributed by atoms with E-state index in [1.165, 1.54) is 14.2 Å². The second-order valence-electron chi connectivity index (χ2n) is 6.16. The summed E-state index contributed by atoms with van der Waals surface area (Å²) in [6.07, 6.45) is 0. The van der Waals surface area contributed by atoms with E-state index in [2.05, 4.69) is 6.07 Å². The van der Waals surface area contributed by atoms with Gasteiger partial charge in [0.1, 0.15) is 28.7 Å². The van der Waals surface area contributed by atoms with Gasteiger partial charge in [0.05, 0.1) is 31.1 Å². The van der Waals surface area contributed by atoms with Gasteiger partial charge in [-0.15, -0.1) is 0 Å². The molecule has 0 fully saturated rings. The van der Waals surface area contributed by atoms with Gasteiger partial charge in [-0.3, -0.25) is 0 Å². The molecule has 1 aliphatic rings. The fourth-order valence-corrected chi connectivity index (χ4v) is 3.44. The van der Waals surface area contributed by atoms with Gasteiger partial charge in [0.15, 0.2) is 5.75 Å². The summed E-state index contributed by atoms with van der Waals surface area (Å²) < 4.78 is 22.0. The summed E-state index contributed by atoms with van der Waals surface area (Å²) in [4.78, 5) is 12.9. The van der Waals surface area contributed by atoms with Gasteiger partial charge >= 0.3 is 5.63 Å². The fourth-order valence-electron chi connectivity index (χ4n) is 3.44. The molecule has 7 nitrogen and oxygen atoms in total. The van der Waals surface area contributed by atoms with Gasteiger partial charge in [-0.25, -0.2) is 4.79 Å². The minimum absolute atomic E-state index is 0.0689. The number of fused-ring (bicyclic) bond motifs is 3. The van der Waals surface area contributed by atoms with Crippen LogP contribution in [0.4, 0.5) is 0 Å². The summed E-state index contributed by atoms with van der Waals surface area (Å²) in [5, 5.41) is 10.3. The van der Waals surface area contributed by atoms with Gasteiger partial charge in [0.2, 0.25) is 5.88 Å². The molecule has 140 valence electrons. The third kappa shape index (κ3) is 2.55. The van der Waals surface area contributed by atoms with Crippen molar-refractivity contribution in [3.63, 3.8) is 0 Å². The molecule has 1 atom stereocenters. The average Bonchev–Trinajstić information content (AvgIpc) is 2.72. The second kappa shape index (κ2) is 6.67. The van der Waals surface area contributed by atoms with Gasteiger partial charge < -0.3 is 24.4 Å². The Bertz CT molecular complexity index is 1220. The third-order valence-corrected chi connectivity index (χ3v) is 4.72. The highest BCUT2D eigenvalue weighted by atomic mass is 16.5. The maximum absolute atomic E-state index is 12.9. The van der Waals surface area contributed by atoms with Crippen molar-refractivity contribution < 1.29 is 18.6 Å². The largest absolute Gasteiger partial charge is 0.497 e. The molecule has 0 saturated carbocycles. The molecule has 0 bridgehead atoms. The van der Waals surface area contributed by atoms with E-state index < -0.39 is 11.5 Å². The first-order valence-electron chi connectivity index (χ1n) is 8.44. The maximum Gasteiger partial charge on any atom is 0.344 e. The van der Waals surface area contributed by atoms with Crippen LogP contribution in [0.3, 0.4) is 0 Å². The topological polar surface area (TPSA) is 108 Å². The number of para-hydroxylation sites is 1. The Morgan fingerprint density at radius 3 is 2.64 bits per heavy atom. The summed E-state index contributed by atoms with van der Waals surface area (Å²) >= 11 is 0. The normalized spacial score (nSPS) is 15.5. The molecule has 4 rings (SSSR count). The molecule has 2 N–H and O–H groups in total. The van der Waals surface area contributed by atoms with Gasteiger partial charge in [-0.05, 0) is 30.3 Å². The zero-order chi connectivity index (χ0) is 19.8. The number of benzene rings is 2. The van der Waals surface area contributed by atoms with E-state index in [1.807, 2.05) is 0 Å². The highest BCUT2D eigenvalue weighted by Gasteiger charge is 2.37. The number of ether oxygens (including phenoxy) is 3. The van der Waals surface area contributed by atoms with Gasteiger partial charge in [0, 0.05) is 5.56 Å².